The van der Waals surface area contributed by atoms with Gasteiger partial charge in [-0.2, -0.15) is 0 Å². The summed E-state index contributed by atoms with van der Waals surface area (Å²) < 4.78 is 6.58. The van der Waals surface area contributed by atoms with Crippen LogP contribution >= 0.6 is 27.5 Å². The SMILES string of the molecule is O=C(Nc1ccc(Cl)cc1)C1N([C@@H](CO)Cc2ccccc2)C(=O)[C@@H]2[C@@H](C(=O)NCc3ccccc3)[C@@H]3OC12CC3Br. The van der Waals surface area contributed by atoms with Gasteiger partial charge >= 0.3 is 0 Å². The Labute approximate surface area is 257 Å². The van der Waals surface area contributed by atoms with Gasteiger partial charge in [-0.3, -0.25) is 14.4 Å². The molecule has 3 heterocycles. The number of nitrogens with one attached hydrogen (secondary N) is 2. The maximum absolute atomic E-state index is 14.4. The summed E-state index contributed by atoms with van der Waals surface area (Å²) in [6, 6.07) is 24.0. The van der Waals surface area contributed by atoms with E-state index < -0.39 is 41.5 Å². The van der Waals surface area contributed by atoms with Crippen LogP contribution in [0.1, 0.15) is 17.5 Å². The van der Waals surface area contributed by atoms with Crippen LogP contribution in [0.25, 0.3) is 0 Å². The first-order valence-corrected chi connectivity index (χ1v) is 15.3. The van der Waals surface area contributed by atoms with Crippen molar-refractivity contribution >= 4 is 50.9 Å². The molecule has 10 heteroatoms. The van der Waals surface area contributed by atoms with Crippen molar-refractivity contribution in [3.05, 3.63) is 101 Å². The Kier molecular flexibility index (Phi) is 8.11. The second-order valence-electron chi connectivity index (χ2n) is 11.1. The van der Waals surface area contributed by atoms with Crippen molar-refractivity contribution in [2.75, 3.05) is 11.9 Å². The summed E-state index contributed by atoms with van der Waals surface area (Å²) in [5.41, 5.74) is 1.12. The van der Waals surface area contributed by atoms with Gasteiger partial charge in [0, 0.05) is 22.1 Å². The fourth-order valence-corrected chi connectivity index (χ4v) is 7.91. The standard InChI is InChI=1S/C32H31BrClN3O5/c33-24-16-32-26(25(27(24)42-32)29(39)35-17-20-9-5-2-6-10-20)31(41)37(23(18-38)15-19-7-3-1-4-8-19)28(32)30(40)36-22-13-11-21(34)12-14-22/h1-14,23-28,38H,15-18H2,(H,35,39)(H,36,40)/t23-,24?,25-,26+,27-,28?,32?/m1/s1. The van der Waals surface area contributed by atoms with E-state index in [9.17, 15) is 19.5 Å². The minimum absolute atomic E-state index is 0.235. The van der Waals surface area contributed by atoms with E-state index in [0.717, 1.165) is 11.1 Å². The van der Waals surface area contributed by atoms with E-state index in [4.69, 9.17) is 16.3 Å². The topological polar surface area (TPSA) is 108 Å². The number of carbonyl (C=O) groups excluding carboxylic acids is 3. The monoisotopic (exact) mass is 651 g/mol. The zero-order valence-corrected chi connectivity index (χ0v) is 25.0. The van der Waals surface area contributed by atoms with Crippen molar-refractivity contribution in [2.45, 2.75) is 48.0 Å². The number of carbonyl (C=O) groups is 3. The van der Waals surface area contributed by atoms with Gasteiger partial charge in [0.25, 0.3) is 0 Å². The maximum Gasteiger partial charge on any atom is 0.250 e. The first-order chi connectivity index (χ1) is 20.3. The molecule has 3 saturated heterocycles. The Morgan fingerprint density at radius 2 is 1.64 bits per heavy atom. The van der Waals surface area contributed by atoms with Crippen molar-refractivity contribution in [1.82, 2.24) is 10.2 Å². The minimum Gasteiger partial charge on any atom is -0.394 e. The highest BCUT2D eigenvalue weighted by Crippen LogP contribution is 2.60. The number of aliphatic hydroxyl groups is 1. The summed E-state index contributed by atoms with van der Waals surface area (Å²) >= 11 is 9.75. The number of fused-ring (bicyclic) bond motifs is 1. The molecular formula is C32H31BrClN3O5. The molecule has 3 amide bonds. The molecule has 3 N–H and O–H groups in total. The molecule has 0 saturated carbocycles. The van der Waals surface area contributed by atoms with E-state index in [2.05, 4.69) is 26.6 Å². The summed E-state index contributed by atoms with van der Waals surface area (Å²) in [5, 5.41) is 17.0. The fourth-order valence-electron chi connectivity index (χ4n) is 6.84. The molecule has 3 aliphatic rings. The predicted octanol–water partition coefficient (Wildman–Crippen LogP) is 3.95. The van der Waals surface area contributed by atoms with E-state index in [1.807, 2.05) is 60.7 Å². The van der Waals surface area contributed by atoms with Gasteiger partial charge < -0.3 is 25.4 Å². The molecule has 8 nitrogen and oxygen atoms in total. The lowest BCUT2D eigenvalue weighted by Gasteiger charge is -2.37. The first kappa shape index (κ1) is 28.9. The van der Waals surface area contributed by atoms with Crippen LogP contribution in [0.4, 0.5) is 5.69 Å². The number of alkyl halides is 1. The Morgan fingerprint density at radius 1 is 1.00 bits per heavy atom. The average Bonchev–Trinajstić information content (AvgIpc) is 3.60. The molecule has 3 unspecified atom stereocenters. The zero-order chi connectivity index (χ0) is 29.4. The van der Waals surface area contributed by atoms with Crippen LogP contribution < -0.4 is 10.6 Å². The zero-order valence-electron chi connectivity index (χ0n) is 22.7. The third-order valence-electron chi connectivity index (χ3n) is 8.62. The van der Waals surface area contributed by atoms with Gasteiger partial charge in [0.2, 0.25) is 17.7 Å². The van der Waals surface area contributed by atoms with Gasteiger partial charge in [-0.25, -0.2) is 0 Å². The molecule has 6 rings (SSSR count). The lowest BCUT2D eigenvalue weighted by atomic mass is 9.70. The van der Waals surface area contributed by atoms with Crippen LogP contribution in [-0.4, -0.2) is 63.0 Å². The summed E-state index contributed by atoms with van der Waals surface area (Å²) in [4.78, 5) is 43.5. The van der Waals surface area contributed by atoms with Crippen LogP contribution in [0.3, 0.4) is 0 Å². The number of likely N-dealkylation sites (tertiary alicyclic amines) is 1. The van der Waals surface area contributed by atoms with E-state index in [1.54, 1.807) is 24.3 Å². The Hall–Kier alpha value is -3.24. The van der Waals surface area contributed by atoms with E-state index in [0.29, 0.717) is 30.1 Å². The maximum atomic E-state index is 14.4. The molecule has 0 radical (unpaired) electrons. The second kappa shape index (κ2) is 11.8. The summed E-state index contributed by atoms with van der Waals surface area (Å²) in [6.07, 6.45) is 0.127. The second-order valence-corrected chi connectivity index (χ2v) is 12.7. The molecule has 1 spiro atoms. The van der Waals surface area contributed by atoms with E-state index in [-0.39, 0.29) is 23.2 Å². The van der Waals surface area contributed by atoms with Gasteiger partial charge in [0.1, 0.15) is 11.6 Å². The van der Waals surface area contributed by atoms with Gasteiger partial charge in [-0.05, 0) is 48.2 Å². The molecule has 42 heavy (non-hydrogen) atoms. The molecule has 3 aliphatic heterocycles. The summed E-state index contributed by atoms with van der Waals surface area (Å²) in [5.74, 6) is -2.77. The van der Waals surface area contributed by atoms with Gasteiger partial charge in [0.05, 0.1) is 30.6 Å². The quantitative estimate of drug-likeness (QED) is 0.304. The number of anilines is 1. The number of nitrogens with zero attached hydrogens (tertiary/aromatic N) is 1. The molecule has 3 aromatic carbocycles. The van der Waals surface area contributed by atoms with E-state index >= 15 is 0 Å². The highest BCUT2D eigenvalue weighted by Gasteiger charge is 2.77. The fraction of sp³-hybridized carbons (Fsp3) is 0.344. The smallest absolute Gasteiger partial charge is 0.250 e. The summed E-state index contributed by atoms with van der Waals surface area (Å²) in [6.45, 7) is -0.0541. The van der Waals surface area contributed by atoms with Gasteiger partial charge in [-0.15, -0.1) is 0 Å². The van der Waals surface area contributed by atoms with Crippen LogP contribution in [0.15, 0.2) is 84.9 Å². The van der Waals surface area contributed by atoms with Crippen LogP contribution in [0.2, 0.25) is 5.02 Å². The largest absolute Gasteiger partial charge is 0.394 e. The molecule has 7 atom stereocenters. The van der Waals surface area contributed by atoms with Crippen LogP contribution in [-0.2, 0) is 32.1 Å². The number of benzene rings is 3. The number of aliphatic hydroxyl groups excluding tert-OH is 1. The highest BCUT2D eigenvalue weighted by molar-refractivity contribution is 9.09. The van der Waals surface area contributed by atoms with Crippen molar-refractivity contribution in [1.29, 1.82) is 0 Å². The number of amides is 3. The third kappa shape index (κ3) is 5.13. The van der Waals surface area contributed by atoms with Crippen molar-refractivity contribution in [3.8, 4) is 0 Å². The predicted molar refractivity (Wildman–Crippen MR) is 162 cm³/mol. The molecule has 3 fully saturated rings. The summed E-state index contributed by atoms with van der Waals surface area (Å²) in [7, 11) is 0. The van der Waals surface area contributed by atoms with E-state index in [1.165, 1.54) is 4.90 Å². The van der Waals surface area contributed by atoms with Crippen LogP contribution in [0, 0.1) is 11.8 Å². The first-order valence-electron chi connectivity index (χ1n) is 14.0. The lowest BCUT2D eigenvalue weighted by Crippen LogP contribution is -2.57. The molecule has 218 valence electrons. The Bertz CT molecular complexity index is 1460. The van der Waals surface area contributed by atoms with Crippen LogP contribution in [0.5, 0.6) is 0 Å². The Balaban J connectivity index is 1.35. The van der Waals surface area contributed by atoms with Crippen molar-refractivity contribution in [2.24, 2.45) is 11.8 Å². The molecular weight excluding hydrogens is 622 g/mol. The molecule has 3 aromatic rings. The highest BCUT2D eigenvalue weighted by atomic mass is 79.9. The molecule has 0 aromatic heterocycles. The van der Waals surface area contributed by atoms with Gasteiger partial charge in [0.15, 0.2) is 0 Å². The lowest BCUT2D eigenvalue weighted by molar-refractivity contribution is -0.144. The average molecular weight is 653 g/mol. The number of hydrogen-bond acceptors (Lipinski definition) is 5. The number of halogens is 2. The van der Waals surface area contributed by atoms with Gasteiger partial charge in [-0.1, -0.05) is 88.2 Å². The van der Waals surface area contributed by atoms with Crippen molar-refractivity contribution in [3.63, 3.8) is 0 Å². The van der Waals surface area contributed by atoms with Crippen molar-refractivity contribution < 1.29 is 24.2 Å². The molecule has 2 bridgehead atoms. The number of hydrogen-bond donors (Lipinski definition) is 3. The number of ether oxygens (including phenoxy) is 1. The number of rotatable bonds is 9. The normalized spacial score (nSPS) is 28.4. The minimum atomic E-state index is -1.24. The third-order valence-corrected chi connectivity index (χ3v) is 9.71. The Morgan fingerprint density at radius 3 is 2.29 bits per heavy atom. The molecule has 0 aliphatic carbocycles.